The first-order valence-corrected chi connectivity index (χ1v) is 9.86. The highest BCUT2D eigenvalue weighted by molar-refractivity contribution is 5.66. The van der Waals surface area contributed by atoms with Gasteiger partial charge in [-0.2, -0.15) is 18.2 Å². The summed E-state index contributed by atoms with van der Waals surface area (Å²) in [5, 5.41) is 10.7. The number of carboxylic acids is 1. The van der Waals surface area contributed by atoms with Crippen LogP contribution < -0.4 is 0 Å². The highest BCUT2D eigenvalue weighted by Crippen LogP contribution is 2.29. The lowest BCUT2D eigenvalue weighted by Gasteiger charge is -2.29. The van der Waals surface area contributed by atoms with Gasteiger partial charge in [0.05, 0.1) is 12.2 Å². The number of hydroxylamine groups is 2. The molecule has 0 saturated heterocycles. The maximum atomic E-state index is 12.6. The molecule has 2 aromatic carbocycles. The molecule has 0 fully saturated rings. The lowest BCUT2D eigenvalue weighted by Crippen LogP contribution is -2.31. The Morgan fingerprint density at radius 1 is 1.17 bits per heavy atom. The van der Waals surface area contributed by atoms with Gasteiger partial charge in [-0.3, -0.25) is 9.63 Å². The van der Waals surface area contributed by atoms with Crippen LogP contribution in [0.15, 0.2) is 48.5 Å². The highest BCUT2D eigenvalue weighted by atomic mass is 19.4. The number of aliphatic carboxylic acids is 1. The van der Waals surface area contributed by atoms with Gasteiger partial charge >= 0.3 is 12.1 Å². The Morgan fingerprint density at radius 2 is 1.93 bits per heavy atom. The second kappa shape index (κ2) is 9.91. The lowest BCUT2D eigenvalue weighted by atomic mass is 9.92. The smallest absolute Gasteiger partial charge is 0.416 e. The average Bonchev–Trinajstić information content (AvgIpc) is 2.70. The molecule has 0 atom stereocenters. The molecule has 3 rings (SSSR count). The normalized spacial score (nSPS) is 14.8. The number of halogens is 3. The van der Waals surface area contributed by atoms with Crippen LogP contribution in [0.2, 0.25) is 0 Å². The first kappa shape index (κ1) is 22.1. The summed E-state index contributed by atoms with van der Waals surface area (Å²) in [6, 6.07) is 11.1. The molecule has 1 heterocycles. The van der Waals surface area contributed by atoms with E-state index in [-0.39, 0.29) is 6.42 Å². The number of aryl methyl sites for hydroxylation is 1. The van der Waals surface area contributed by atoms with E-state index in [9.17, 15) is 18.0 Å². The van der Waals surface area contributed by atoms with E-state index >= 15 is 0 Å². The number of alkyl halides is 3. The maximum absolute atomic E-state index is 12.6. The van der Waals surface area contributed by atoms with Crippen LogP contribution in [0, 0.1) is 0 Å². The predicted octanol–water partition coefficient (Wildman–Crippen LogP) is 5.12. The van der Waals surface area contributed by atoms with Crippen molar-refractivity contribution in [3.05, 3.63) is 76.4 Å². The maximum Gasteiger partial charge on any atom is 0.416 e. The molecule has 1 aliphatic heterocycles. The largest absolute Gasteiger partial charge is 0.481 e. The Kier molecular flexibility index (Phi) is 7.29. The first-order valence-electron chi connectivity index (χ1n) is 9.86. The molecular weight excluding hydrogens is 395 g/mol. The van der Waals surface area contributed by atoms with E-state index < -0.39 is 17.7 Å². The van der Waals surface area contributed by atoms with Crippen molar-refractivity contribution in [3.8, 4) is 0 Å². The van der Waals surface area contributed by atoms with Crippen molar-refractivity contribution in [1.82, 2.24) is 5.06 Å². The van der Waals surface area contributed by atoms with Crippen molar-refractivity contribution < 1.29 is 27.9 Å². The molecule has 0 saturated carbocycles. The summed E-state index contributed by atoms with van der Waals surface area (Å²) >= 11 is 0. The second-order valence-corrected chi connectivity index (χ2v) is 7.23. The number of nitrogens with zero attached hydrogens (tertiary/aromatic N) is 1. The van der Waals surface area contributed by atoms with Gasteiger partial charge in [0, 0.05) is 19.5 Å². The number of benzene rings is 2. The third-order valence-corrected chi connectivity index (χ3v) is 5.07. The number of carbonyl (C=O) groups is 1. The van der Waals surface area contributed by atoms with E-state index in [1.165, 1.54) is 28.8 Å². The molecule has 0 unspecified atom stereocenters. The van der Waals surface area contributed by atoms with Crippen molar-refractivity contribution >= 4 is 12.0 Å². The van der Waals surface area contributed by atoms with Gasteiger partial charge in [-0.25, -0.2) is 0 Å². The van der Waals surface area contributed by atoms with E-state index in [2.05, 4.69) is 12.1 Å². The molecule has 2 aromatic rings. The summed E-state index contributed by atoms with van der Waals surface area (Å²) in [5.74, 6) is -0.774. The zero-order valence-electron chi connectivity index (χ0n) is 16.5. The Bertz CT molecular complexity index is 892. The summed E-state index contributed by atoms with van der Waals surface area (Å²) in [4.78, 5) is 16.5. The molecule has 7 heteroatoms. The number of carboxylic acid groups (broad SMARTS) is 1. The minimum absolute atomic E-state index is 0.171. The number of rotatable bonds is 8. The minimum atomic E-state index is -4.33. The molecular formula is C23H24F3NO3. The summed E-state index contributed by atoms with van der Waals surface area (Å²) in [5.41, 5.74) is 3.69. The highest BCUT2D eigenvalue weighted by Gasteiger charge is 2.29. The van der Waals surface area contributed by atoms with Crippen molar-refractivity contribution in [2.24, 2.45) is 0 Å². The van der Waals surface area contributed by atoms with Gasteiger partial charge in [-0.1, -0.05) is 42.5 Å². The van der Waals surface area contributed by atoms with Gasteiger partial charge < -0.3 is 5.11 Å². The van der Waals surface area contributed by atoms with Crippen LogP contribution in [0.25, 0.3) is 6.08 Å². The van der Waals surface area contributed by atoms with E-state index in [0.29, 0.717) is 25.1 Å². The average molecular weight is 419 g/mol. The van der Waals surface area contributed by atoms with Crippen molar-refractivity contribution in [3.63, 3.8) is 0 Å². The molecule has 160 valence electrons. The fourth-order valence-corrected chi connectivity index (χ4v) is 3.55. The van der Waals surface area contributed by atoms with Gasteiger partial charge in [0.15, 0.2) is 0 Å². The van der Waals surface area contributed by atoms with E-state index in [4.69, 9.17) is 9.94 Å². The van der Waals surface area contributed by atoms with Gasteiger partial charge in [-0.05, 0) is 53.6 Å². The van der Waals surface area contributed by atoms with Gasteiger partial charge in [0.25, 0.3) is 0 Å². The second-order valence-electron chi connectivity index (χ2n) is 7.23. The zero-order chi connectivity index (χ0) is 21.6. The Morgan fingerprint density at radius 3 is 2.63 bits per heavy atom. The van der Waals surface area contributed by atoms with Crippen LogP contribution >= 0.6 is 0 Å². The van der Waals surface area contributed by atoms with Crippen LogP contribution in [0.1, 0.15) is 40.7 Å². The van der Waals surface area contributed by atoms with E-state index in [1.807, 2.05) is 11.1 Å². The number of hydrogen-bond acceptors (Lipinski definition) is 3. The van der Waals surface area contributed by atoms with Crippen LogP contribution in [0.3, 0.4) is 0 Å². The summed E-state index contributed by atoms with van der Waals surface area (Å²) in [6.07, 6.45) is 1.57. The minimum Gasteiger partial charge on any atom is -0.481 e. The first-order chi connectivity index (χ1) is 14.3. The van der Waals surface area contributed by atoms with E-state index in [1.54, 1.807) is 12.2 Å². The Balaban J connectivity index is 1.49. The summed E-state index contributed by atoms with van der Waals surface area (Å²) < 4.78 is 37.8. The van der Waals surface area contributed by atoms with Gasteiger partial charge in [0.2, 0.25) is 0 Å². The molecule has 4 nitrogen and oxygen atoms in total. The zero-order valence-corrected chi connectivity index (χ0v) is 16.5. The molecule has 1 aliphatic rings. The SMILES string of the molecule is O=C(O)CCCc1cccc2c1CCN(OC/C=C/c1ccc(C(F)(F)F)cc1)C2. The molecule has 0 aliphatic carbocycles. The van der Waals surface area contributed by atoms with Crippen LogP contribution in [-0.2, 0) is 35.2 Å². The molecule has 0 bridgehead atoms. The predicted molar refractivity (Wildman–Crippen MR) is 108 cm³/mol. The molecule has 0 aromatic heterocycles. The van der Waals surface area contributed by atoms with Crippen molar-refractivity contribution in [2.45, 2.75) is 38.4 Å². The van der Waals surface area contributed by atoms with Gasteiger partial charge in [0.1, 0.15) is 0 Å². The fraction of sp³-hybridized carbons (Fsp3) is 0.348. The number of hydrogen-bond donors (Lipinski definition) is 1. The number of fused-ring (bicyclic) bond motifs is 1. The molecule has 0 radical (unpaired) electrons. The standard InChI is InChI=1S/C23H24F3NO3/c24-23(25,26)20-11-9-17(10-12-20)4-3-15-30-27-14-13-21-18(6-2-8-22(28)29)5-1-7-19(21)16-27/h1,3-5,7,9-12H,2,6,8,13-16H2,(H,28,29)/b4-3+. The lowest BCUT2D eigenvalue weighted by molar-refractivity contribution is -0.158. The Hall–Kier alpha value is -2.64. The molecule has 0 amide bonds. The third-order valence-electron chi connectivity index (χ3n) is 5.07. The van der Waals surface area contributed by atoms with Crippen molar-refractivity contribution in [2.75, 3.05) is 13.2 Å². The van der Waals surface area contributed by atoms with E-state index in [0.717, 1.165) is 31.5 Å². The molecule has 1 N–H and O–H groups in total. The van der Waals surface area contributed by atoms with Crippen LogP contribution in [-0.4, -0.2) is 29.3 Å². The summed E-state index contributed by atoms with van der Waals surface area (Å²) in [7, 11) is 0. The Labute approximate surface area is 173 Å². The van der Waals surface area contributed by atoms with Crippen LogP contribution in [0.4, 0.5) is 13.2 Å². The quantitative estimate of drug-likeness (QED) is 0.646. The van der Waals surface area contributed by atoms with Crippen LogP contribution in [0.5, 0.6) is 0 Å². The topological polar surface area (TPSA) is 49.8 Å². The fourth-order valence-electron chi connectivity index (χ4n) is 3.55. The molecule has 0 spiro atoms. The molecule has 30 heavy (non-hydrogen) atoms. The third kappa shape index (κ3) is 6.18. The van der Waals surface area contributed by atoms with Gasteiger partial charge in [-0.15, -0.1) is 0 Å². The summed E-state index contributed by atoms with van der Waals surface area (Å²) in [6.45, 7) is 1.71. The van der Waals surface area contributed by atoms with Crippen molar-refractivity contribution in [1.29, 1.82) is 0 Å². The monoisotopic (exact) mass is 419 g/mol.